The fourth-order valence-electron chi connectivity index (χ4n) is 2.46. The molecule has 0 saturated carbocycles. The van der Waals surface area contributed by atoms with Crippen molar-refractivity contribution in [1.82, 2.24) is 24.5 Å². The number of nitrogens with zero attached hydrogens (tertiary/aromatic N) is 6. The van der Waals surface area contributed by atoms with Crippen LogP contribution in [-0.4, -0.2) is 63.1 Å². The number of anilines is 1. The maximum Gasteiger partial charge on any atom is 0.254 e. The minimum Gasteiger partial charge on any atom is -0.354 e. The highest BCUT2D eigenvalue weighted by atomic mass is 35.5. The zero-order chi connectivity index (χ0) is 13.2. The van der Waals surface area contributed by atoms with E-state index in [0.717, 1.165) is 44.2 Å². The molecule has 1 aliphatic heterocycles. The van der Waals surface area contributed by atoms with E-state index in [4.69, 9.17) is 11.6 Å². The van der Waals surface area contributed by atoms with E-state index in [-0.39, 0.29) is 0 Å². The fourth-order valence-corrected chi connectivity index (χ4v) is 2.70. The van der Waals surface area contributed by atoms with Crippen molar-refractivity contribution in [3.05, 3.63) is 18.1 Å². The Balaban J connectivity index is 1.83. The Morgan fingerprint density at radius 3 is 2.79 bits per heavy atom. The molecule has 102 valence electrons. The predicted octanol–water partition coefficient (Wildman–Crippen LogP) is 0.794. The summed E-state index contributed by atoms with van der Waals surface area (Å²) in [5.74, 6) is 2.44. The molecule has 19 heavy (non-hydrogen) atoms. The Hall–Kier alpha value is -1.40. The van der Waals surface area contributed by atoms with Gasteiger partial charge in [-0.05, 0) is 6.92 Å². The summed E-state index contributed by atoms with van der Waals surface area (Å²) in [4.78, 5) is 13.3. The normalized spacial score (nSPS) is 17.3. The van der Waals surface area contributed by atoms with Crippen LogP contribution in [0, 0.1) is 6.92 Å². The molecule has 3 rings (SSSR count). The lowest BCUT2D eigenvalue weighted by atomic mass is 10.3. The van der Waals surface area contributed by atoms with E-state index in [1.54, 1.807) is 6.33 Å². The van der Waals surface area contributed by atoms with E-state index >= 15 is 0 Å². The van der Waals surface area contributed by atoms with Gasteiger partial charge in [0, 0.05) is 50.4 Å². The molecule has 0 spiro atoms. The van der Waals surface area contributed by atoms with Crippen molar-refractivity contribution in [2.45, 2.75) is 6.92 Å². The molecular formula is C12H17ClN6. The number of aromatic nitrogens is 4. The van der Waals surface area contributed by atoms with Gasteiger partial charge < -0.3 is 4.90 Å². The van der Waals surface area contributed by atoms with E-state index < -0.39 is 0 Å². The van der Waals surface area contributed by atoms with Crippen molar-refractivity contribution in [2.75, 3.05) is 43.5 Å². The number of alkyl halides is 1. The smallest absolute Gasteiger partial charge is 0.254 e. The molecule has 1 aliphatic rings. The molecule has 0 bridgehead atoms. The van der Waals surface area contributed by atoms with Crippen LogP contribution < -0.4 is 4.90 Å². The van der Waals surface area contributed by atoms with Gasteiger partial charge in [0.2, 0.25) is 0 Å². The third-order valence-electron chi connectivity index (χ3n) is 3.46. The molecule has 0 N–H and O–H groups in total. The Morgan fingerprint density at radius 1 is 1.26 bits per heavy atom. The third-order valence-corrected chi connectivity index (χ3v) is 3.63. The Labute approximate surface area is 117 Å². The van der Waals surface area contributed by atoms with Crippen molar-refractivity contribution >= 4 is 23.2 Å². The maximum absolute atomic E-state index is 5.79. The highest BCUT2D eigenvalue weighted by Gasteiger charge is 2.19. The van der Waals surface area contributed by atoms with Crippen molar-refractivity contribution < 1.29 is 0 Å². The standard InChI is InChI=1S/C12H17ClN6/c1-10-8-11(19-12(16-10)14-9-15-19)18-6-4-17(3-2-13)5-7-18/h8-9H,2-7H2,1H3. The lowest BCUT2D eigenvalue weighted by Gasteiger charge is -2.35. The van der Waals surface area contributed by atoms with Crippen LogP contribution in [0.5, 0.6) is 0 Å². The number of halogens is 1. The summed E-state index contributed by atoms with van der Waals surface area (Å²) in [5, 5.41) is 4.26. The summed E-state index contributed by atoms with van der Waals surface area (Å²) < 4.78 is 1.81. The summed E-state index contributed by atoms with van der Waals surface area (Å²) in [5.41, 5.74) is 0.971. The van der Waals surface area contributed by atoms with Gasteiger partial charge in [0.25, 0.3) is 5.78 Å². The van der Waals surface area contributed by atoms with Crippen LogP contribution in [0.3, 0.4) is 0 Å². The van der Waals surface area contributed by atoms with Gasteiger partial charge in [-0.3, -0.25) is 4.90 Å². The first-order valence-corrected chi connectivity index (χ1v) is 7.02. The fraction of sp³-hybridized carbons (Fsp3) is 0.583. The zero-order valence-electron chi connectivity index (χ0n) is 11.0. The highest BCUT2D eigenvalue weighted by molar-refractivity contribution is 6.18. The second-order valence-corrected chi connectivity index (χ2v) is 5.12. The van der Waals surface area contributed by atoms with Gasteiger partial charge in [-0.1, -0.05) is 0 Å². The quantitative estimate of drug-likeness (QED) is 0.778. The molecule has 0 atom stereocenters. The Bertz CT molecular complexity index is 560. The van der Waals surface area contributed by atoms with Crippen molar-refractivity contribution in [3.63, 3.8) is 0 Å². The monoisotopic (exact) mass is 280 g/mol. The van der Waals surface area contributed by atoms with Crippen LogP contribution in [-0.2, 0) is 0 Å². The Morgan fingerprint density at radius 2 is 2.05 bits per heavy atom. The van der Waals surface area contributed by atoms with Crippen molar-refractivity contribution in [1.29, 1.82) is 0 Å². The zero-order valence-corrected chi connectivity index (χ0v) is 11.7. The van der Waals surface area contributed by atoms with Gasteiger partial charge in [0.15, 0.2) is 0 Å². The van der Waals surface area contributed by atoms with Crippen LogP contribution >= 0.6 is 11.6 Å². The second-order valence-electron chi connectivity index (χ2n) is 4.75. The molecule has 0 radical (unpaired) electrons. The largest absolute Gasteiger partial charge is 0.354 e. The first kappa shape index (κ1) is 12.6. The topological polar surface area (TPSA) is 49.6 Å². The summed E-state index contributed by atoms with van der Waals surface area (Å²) >= 11 is 5.79. The van der Waals surface area contributed by atoms with Crippen LogP contribution in [0.2, 0.25) is 0 Å². The van der Waals surface area contributed by atoms with Crippen molar-refractivity contribution in [3.8, 4) is 0 Å². The summed E-state index contributed by atoms with van der Waals surface area (Å²) in [7, 11) is 0. The minimum absolute atomic E-state index is 0.665. The molecule has 0 aromatic carbocycles. The molecule has 2 aromatic rings. The average Bonchev–Trinajstić information content (AvgIpc) is 2.87. The van der Waals surface area contributed by atoms with E-state index in [1.165, 1.54) is 0 Å². The van der Waals surface area contributed by atoms with Crippen molar-refractivity contribution in [2.24, 2.45) is 0 Å². The van der Waals surface area contributed by atoms with Gasteiger partial charge in [0.1, 0.15) is 12.1 Å². The van der Waals surface area contributed by atoms with Crippen LogP contribution in [0.15, 0.2) is 12.4 Å². The summed E-state index contributed by atoms with van der Waals surface area (Å²) in [6.45, 7) is 6.98. The number of aryl methyl sites for hydroxylation is 1. The number of piperazine rings is 1. The summed E-state index contributed by atoms with van der Waals surface area (Å²) in [6.07, 6.45) is 1.55. The lowest BCUT2D eigenvalue weighted by molar-refractivity contribution is 0.271. The van der Waals surface area contributed by atoms with Gasteiger partial charge in [-0.2, -0.15) is 14.6 Å². The Kier molecular flexibility index (Phi) is 3.52. The first-order valence-electron chi connectivity index (χ1n) is 6.48. The van der Waals surface area contributed by atoms with Crippen LogP contribution in [0.1, 0.15) is 5.69 Å². The molecular weight excluding hydrogens is 264 g/mol. The third kappa shape index (κ3) is 2.50. The molecule has 6 nitrogen and oxygen atoms in total. The minimum atomic E-state index is 0.665. The van der Waals surface area contributed by atoms with E-state index in [9.17, 15) is 0 Å². The molecule has 2 aromatic heterocycles. The molecule has 1 saturated heterocycles. The summed E-state index contributed by atoms with van der Waals surface area (Å²) in [6, 6.07) is 2.07. The number of hydrogen-bond donors (Lipinski definition) is 0. The van der Waals surface area contributed by atoms with Gasteiger partial charge in [0.05, 0.1) is 0 Å². The number of fused-ring (bicyclic) bond motifs is 1. The molecule has 7 heteroatoms. The van der Waals surface area contributed by atoms with Gasteiger partial charge in [-0.25, -0.2) is 4.98 Å². The number of rotatable bonds is 3. The molecule has 1 fully saturated rings. The van der Waals surface area contributed by atoms with E-state index in [0.29, 0.717) is 11.7 Å². The maximum atomic E-state index is 5.79. The molecule has 3 heterocycles. The first-order chi connectivity index (χ1) is 9.28. The van der Waals surface area contributed by atoms with E-state index in [2.05, 4.69) is 30.9 Å². The van der Waals surface area contributed by atoms with Gasteiger partial charge >= 0.3 is 0 Å². The average molecular weight is 281 g/mol. The number of hydrogen-bond acceptors (Lipinski definition) is 5. The van der Waals surface area contributed by atoms with E-state index in [1.807, 2.05) is 11.4 Å². The van der Waals surface area contributed by atoms with Gasteiger partial charge in [-0.15, -0.1) is 11.6 Å². The lowest BCUT2D eigenvalue weighted by Crippen LogP contribution is -2.47. The van der Waals surface area contributed by atoms with Crippen LogP contribution in [0.25, 0.3) is 5.78 Å². The molecule has 0 amide bonds. The second kappa shape index (κ2) is 5.30. The highest BCUT2D eigenvalue weighted by Crippen LogP contribution is 2.17. The SMILES string of the molecule is Cc1cc(N2CCN(CCCl)CC2)n2ncnc2n1. The predicted molar refractivity (Wildman–Crippen MR) is 74.9 cm³/mol. The molecule has 0 unspecified atom stereocenters. The van der Waals surface area contributed by atoms with Crippen LogP contribution in [0.4, 0.5) is 5.82 Å². The molecule has 0 aliphatic carbocycles.